The fraction of sp³-hybridized carbons (Fsp3) is 0.0870. The van der Waals surface area contributed by atoms with E-state index >= 15 is 0 Å². The van der Waals surface area contributed by atoms with E-state index in [2.05, 4.69) is 4.98 Å². The van der Waals surface area contributed by atoms with Gasteiger partial charge in [-0.15, -0.1) is 0 Å². The van der Waals surface area contributed by atoms with Crippen molar-refractivity contribution in [3.63, 3.8) is 0 Å². The number of imidazole rings is 1. The molecule has 0 aliphatic heterocycles. The van der Waals surface area contributed by atoms with Crippen LogP contribution in [0.2, 0.25) is 0 Å². The van der Waals surface area contributed by atoms with E-state index in [1.54, 1.807) is 14.2 Å². The highest BCUT2D eigenvalue weighted by molar-refractivity contribution is 7.85. The molecule has 1 atom stereocenters. The molecule has 4 aromatic rings. The van der Waals surface area contributed by atoms with E-state index in [4.69, 9.17) is 14.5 Å². The van der Waals surface area contributed by atoms with Gasteiger partial charge < -0.3 is 14.5 Å². The van der Waals surface area contributed by atoms with Gasteiger partial charge in [-0.05, 0) is 60.7 Å². The number of hydrogen-bond donors (Lipinski definition) is 1. The van der Waals surface area contributed by atoms with Gasteiger partial charge in [-0.3, -0.25) is 0 Å². The van der Waals surface area contributed by atoms with Crippen molar-refractivity contribution in [3.05, 3.63) is 78.9 Å². The average molecular weight is 404 g/mol. The maximum Gasteiger partial charge on any atom is 0.202 e. The minimum atomic E-state index is -1.41. The lowest BCUT2D eigenvalue weighted by Gasteiger charge is -2.06. The summed E-state index contributed by atoms with van der Waals surface area (Å²) in [5.41, 5.74) is 3.37. The Labute approximate surface area is 171 Å². The maximum absolute atomic E-state index is 13.1. The highest BCUT2D eigenvalue weighted by Crippen LogP contribution is 2.33. The standard InChI is InChI=1S/C23H20N2O3S/c1-27-18-12-8-16(9-13-18)21-22(17-10-14-19(28-2)15-11-17)25-23(24-21)29(26)20-6-4-3-5-7-20/h3-15H,1-2H3,(H,24,25). The van der Waals surface area contributed by atoms with Crippen LogP contribution in [0, 0.1) is 0 Å². The number of rotatable bonds is 6. The van der Waals surface area contributed by atoms with Gasteiger partial charge in [0.05, 0.1) is 25.6 Å². The molecule has 0 amide bonds. The normalized spacial score (nSPS) is 11.8. The van der Waals surface area contributed by atoms with Crippen LogP contribution in [0.25, 0.3) is 22.5 Å². The molecule has 1 aromatic heterocycles. The molecule has 0 radical (unpaired) electrons. The summed E-state index contributed by atoms with van der Waals surface area (Å²) in [6, 6.07) is 24.6. The van der Waals surface area contributed by atoms with E-state index in [1.807, 2.05) is 78.9 Å². The first-order valence-corrected chi connectivity index (χ1v) is 10.2. The molecule has 1 unspecified atom stereocenters. The summed E-state index contributed by atoms with van der Waals surface area (Å²) in [5.74, 6) is 1.54. The zero-order chi connectivity index (χ0) is 20.2. The second-order valence-electron chi connectivity index (χ2n) is 6.30. The van der Waals surface area contributed by atoms with Gasteiger partial charge in [0.1, 0.15) is 22.3 Å². The van der Waals surface area contributed by atoms with Crippen molar-refractivity contribution in [2.75, 3.05) is 14.2 Å². The first-order chi connectivity index (χ1) is 14.2. The molecule has 0 fully saturated rings. The summed E-state index contributed by atoms with van der Waals surface area (Å²) in [4.78, 5) is 8.68. The molecule has 4 rings (SSSR count). The quantitative estimate of drug-likeness (QED) is 0.495. The zero-order valence-corrected chi connectivity index (χ0v) is 16.9. The molecule has 0 bridgehead atoms. The van der Waals surface area contributed by atoms with Crippen molar-refractivity contribution < 1.29 is 13.7 Å². The second-order valence-corrected chi connectivity index (χ2v) is 7.70. The van der Waals surface area contributed by atoms with Crippen LogP contribution in [0.5, 0.6) is 11.5 Å². The predicted molar refractivity (Wildman–Crippen MR) is 114 cm³/mol. The number of aromatic amines is 1. The predicted octanol–water partition coefficient (Wildman–Crippen LogP) is 4.93. The van der Waals surface area contributed by atoms with Crippen molar-refractivity contribution in [2.24, 2.45) is 0 Å². The molecule has 1 heterocycles. The summed E-state index contributed by atoms with van der Waals surface area (Å²) in [7, 11) is 1.85. The highest BCUT2D eigenvalue weighted by Gasteiger charge is 2.19. The molecule has 1 N–H and O–H groups in total. The van der Waals surface area contributed by atoms with Crippen LogP contribution in [0.15, 0.2) is 88.9 Å². The molecule has 0 aliphatic rings. The van der Waals surface area contributed by atoms with Gasteiger partial charge in [-0.2, -0.15) is 0 Å². The molecule has 0 saturated carbocycles. The van der Waals surface area contributed by atoms with Gasteiger partial charge >= 0.3 is 0 Å². The lowest BCUT2D eigenvalue weighted by atomic mass is 10.0. The number of H-pyrrole nitrogens is 1. The van der Waals surface area contributed by atoms with E-state index in [-0.39, 0.29) is 0 Å². The van der Waals surface area contributed by atoms with Crippen LogP contribution in [0.4, 0.5) is 0 Å². The second kappa shape index (κ2) is 8.32. The van der Waals surface area contributed by atoms with Gasteiger partial charge in [-0.25, -0.2) is 9.19 Å². The molecule has 3 aromatic carbocycles. The molecule has 146 valence electrons. The monoisotopic (exact) mass is 404 g/mol. The minimum Gasteiger partial charge on any atom is -0.497 e. The number of nitrogens with zero attached hydrogens (tertiary/aromatic N) is 1. The van der Waals surface area contributed by atoms with Gasteiger partial charge in [0.25, 0.3) is 0 Å². The summed E-state index contributed by atoms with van der Waals surface area (Å²) < 4.78 is 23.6. The SMILES string of the molecule is COc1ccc(-c2nc(S(=O)c3ccccc3)[nH]c2-c2ccc(OC)cc2)cc1. The maximum atomic E-state index is 13.1. The Morgan fingerprint density at radius 1 is 0.759 bits per heavy atom. The van der Waals surface area contributed by atoms with Crippen molar-refractivity contribution >= 4 is 10.8 Å². The highest BCUT2D eigenvalue weighted by atomic mass is 32.2. The van der Waals surface area contributed by atoms with Crippen molar-refractivity contribution in [3.8, 4) is 34.0 Å². The third-order valence-electron chi connectivity index (χ3n) is 4.56. The summed E-state index contributed by atoms with van der Waals surface area (Å²) >= 11 is 0. The number of ether oxygens (including phenoxy) is 2. The number of benzene rings is 3. The Hall–Kier alpha value is -3.38. The lowest BCUT2D eigenvalue weighted by molar-refractivity contribution is 0.414. The van der Waals surface area contributed by atoms with E-state index in [0.29, 0.717) is 10.1 Å². The summed E-state index contributed by atoms with van der Waals surface area (Å²) in [6.45, 7) is 0. The van der Waals surface area contributed by atoms with Crippen LogP contribution in [-0.4, -0.2) is 28.4 Å². The number of nitrogens with one attached hydrogen (secondary N) is 1. The third-order valence-corrected chi connectivity index (χ3v) is 5.80. The average Bonchev–Trinajstić information content (AvgIpc) is 3.24. The first kappa shape index (κ1) is 19.0. The van der Waals surface area contributed by atoms with E-state index in [0.717, 1.165) is 34.0 Å². The Balaban J connectivity index is 1.82. The molecule has 5 nitrogen and oxygen atoms in total. The smallest absolute Gasteiger partial charge is 0.202 e. The summed E-state index contributed by atoms with van der Waals surface area (Å²) in [5, 5.41) is 0.410. The number of methoxy groups -OCH3 is 2. The minimum absolute atomic E-state index is 0.410. The van der Waals surface area contributed by atoms with Crippen LogP contribution < -0.4 is 9.47 Å². The fourth-order valence-corrected chi connectivity index (χ4v) is 4.02. The van der Waals surface area contributed by atoms with Crippen LogP contribution in [0.1, 0.15) is 0 Å². The van der Waals surface area contributed by atoms with Crippen LogP contribution in [0.3, 0.4) is 0 Å². The van der Waals surface area contributed by atoms with Gasteiger partial charge in [0.15, 0.2) is 0 Å². The molecule has 29 heavy (non-hydrogen) atoms. The molecule has 0 spiro atoms. The number of hydrogen-bond acceptors (Lipinski definition) is 4. The van der Waals surface area contributed by atoms with Gasteiger partial charge in [0, 0.05) is 16.0 Å². The van der Waals surface area contributed by atoms with E-state index in [1.165, 1.54) is 0 Å². The van der Waals surface area contributed by atoms with E-state index < -0.39 is 10.8 Å². The van der Waals surface area contributed by atoms with E-state index in [9.17, 15) is 4.21 Å². The lowest BCUT2D eigenvalue weighted by Crippen LogP contribution is -1.95. The molecule has 6 heteroatoms. The Morgan fingerprint density at radius 3 is 1.86 bits per heavy atom. The summed E-state index contributed by atoms with van der Waals surface area (Å²) in [6.07, 6.45) is 0. The molecule has 0 saturated heterocycles. The Morgan fingerprint density at radius 2 is 1.31 bits per heavy atom. The van der Waals surface area contributed by atoms with Crippen LogP contribution >= 0.6 is 0 Å². The molecule has 0 aliphatic carbocycles. The van der Waals surface area contributed by atoms with Crippen molar-refractivity contribution in [1.82, 2.24) is 9.97 Å². The van der Waals surface area contributed by atoms with Gasteiger partial charge in [0.2, 0.25) is 5.16 Å². The molecular formula is C23H20N2O3S. The van der Waals surface area contributed by atoms with Crippen molar-refractivity contribution in [2.45, 2.75) is 10.1 Å². The fourth-order valence-electron chi connectivity index (χ4n) is 3.02. The van der Waals surface area contributed by atoms with Gasteiger partial charge in [-0.1, -0.05) is 18.2 Å². The van der Waals surface area contributed by atoms with Crippen molar-refractivity contribution in [1.29, 1.82) is 0 Å². The topological polar surface area (TPSA) is 64.2 Å². The third kappa shape index (κ3) is 3.93. The Bertz CT molecular complexity index is 1060. The number of aromatic nitrogens is 2. The van der Waals surface area contributed by atoms with Crippen LogP contribution in [-0.2, 0) is 10.8 Å². The molecular weight excluding hydrogens is 384 g/mol. The Kier molecular flexibility index (Phi) is 5.44. The zero-order valence-electron chi connectivity index (χ0n) is 16.1. The first-order valence-electron chi connectivity index (χ1n) is 9.05. The largest absolute Gasteiger partial charge is 0.497 e.